The second-order valence-electron chi connectivity index (χ2n) is 9.25. The lowest BCUT2D eigenvalue weighted by Gasteiger charge is -2.24. The van der Waals surface area contributed by atoms with Gasteiger partial charge in [0, 0.05) is 0 Å². The summed E-state index contributed by atoms with van der Waals surface area (Å²) in [7, 11) is 0. The van der Waals surface area contributed by atoms with Crippen LogP contribution in [0.3, 0.4) is 0 Å². The molecule has 0 N–H and O–H groups in total. The molecule has 0 amide bonds. The van der Waals surface area contributed by atoms with E-state index in [1.807, 2.05) is 0 Å². The minimum absolute atomic E-state index is 0.0899. The molecule has 8 nitrogen and oxygen atoms in total. The third kappa shape index (κ3) is 9.65. The van der Waals surface area contributed by atoms with Crippen molar-refractivity contribution >= 4 is 23.9 Å². The minimum Gasteiger partial charge on any atom is -0.463 e. The van der Waals surface area contributed by atoms with Gasteiger partial charge in [-0.3, -0.25) is 0 Å². The molecule has 0 aliphatic carbocycles. The van der Waals surface area contributed by atoms with E-state index in [9.17, 15) is 19.2 Å². The predicted molar refractivity (Wildman–Crippen MR) is 139 cm³/mol. The van der Waals surface area contributed by atoms with Crippen molar-refractivity contribution in [3.8, 4) is 0 Å². The monoisotopic (exact) mass is 524 g/mol. The molecule has 204 valence electrons. The van der Waals surface area contributed by atoms with E-state index in [1.165, 1.54) is 37.1 Å². The summed E-state index contributed by atoms with van der Waals surface area (Å²) in [6.07, 6.45) is 6.02. The van der Waals surface area contributed by atoms with Gasteiger partial charge in [-0.2, -0.15) is 0 Å². The summed E-state index contributed by atoms with van der Waals surface area (Å²) >= 11 is 0. The van der Waals surface area contributed by atoms with Crippen molar-refractivity contribution in [1.82, 2.24) is 0 Å². The van der Waals surface area contributed by atoms with Crippen molar-refractivity contribution in [3.63, 3.8) is 0 Å². The first-order valence-electron chi connectivity index (χ1n) is 13.4. The normalized spacial score (nSPS) is 20.6. The largest absolute Gasteiger partial charge is 0.463 e. The number of esters is 4. The number of benzene rings is 2. The van der Waals surface area contributed by atoms with E-state index in [-0.39, 0.29) is 24.3 Å². The van der Waals surface area contributed by atoms with Gasteiger partial charge < -0.3 is 18.9 Å². The Kier molecular flexibility index (Phi) is 12.3. The summed E-state index contributed by atoms with van der Waals surface area (Å²) in [6, 6.07) is 16.1. The lowest BCUT2D eigenvalue weighted by molar-refractivity contribution is -0.174. The van der Waals surface area contributed by atoms with Crippen LogP contribution in [0.5, 0.6) is 0 Å². The highest BCUT2D eigenvalue weighted by molar-refractivity contribution is 5.96. The van der Waals surface area contributed by atoms with Gasteiger partial charge in [-0.15, -0.1) is 0 Å². The van der Waals surface area contributed by atoms with Crippen LogP contribution in [0.15, 0.2) is 60.7 Å². The van der Waals surface area contributed by atoms with Crippen molar-refractivity contribution in [2.75, 3.05) is 13.2 Å². The van der Waals surface area contributed by atoms with Crippen LogP contribution in [0, 0.1) is 0 Å². The molecule has 2 atom stereocenters. The maximum atomic E-state index is 13.1. The maximum Gasteiger partial charge on any atom is 0.352 e. The molecule has 0 bridgehead atoms. The van der Waals surface area contributed by atoms with Crippen LogP contribution in [0.1, 0.15) is 84.9 Å². The number of hydrogen-bond acceptors (Lipinski definition) is 8. The highest BCUT2D eigenvalue weighted by Crippen LogP contribution is 2.17. The first kappa shape index (κ1) is 28.9. The molecule has 2 aromatic carbocycles. The number of carbonyl (C=O) groups excluding carboxylic acids is 4. The van der Waals surface area contributed by atoms with Gasteiger partial charge in [0.2, 0.25) is 12.2 Å². The van der Waals surface area contributed by atoms with Crippen LogP contribution in [0.2, 0.25) is 0 Å². The second-order valence-corrected chi connectivity index (χ2v) is 9.25. The molecule has 38 heavy (non-hydrogen) atoms. The second kappa shape index (κ2) is 16.2. The highest BCUT2D eigenvalue weighted by Gasteiger charge is 2.43. The standard InChI is InChI=1S/C30H36O8/c31-27(23-17-11-9-12-18-23)37-25-26(38-28(32)24-19-13-10-14-20-24)30(34)36-22-16-8-6-4-2-1-3-5-7-15-21-35-29(25)33/h9-14,17-20,25-26H,1-8,15-16,21-22H2/t25-,26?/m1/s1. The molecular formula is C30H36O8. The summed E-state index contributed by atoms with van der Waals surface area (Å²) in [4.78, 5) is 52.0. The summed E-state index contributed by atoms with van der Waals surface area (Å²) in [5.74, 6) is -3.66. The van der Waals surface area contributed by atoms with Crippen molar-refractivity contribution in [3.05, 3.63) is 71.8 Å². The number of cyclic esters (lactones) is 2. The Morgan fingerprint density at radius 1 is 0.526 bits per heavy atom. The summed E-state index contributed by atoms with van der Waals surface area (Å²) in [6.45, 7) is 0.180. The van der Waals surface area contributed by atoms with Crippen molar-refractivity contribution < 1.29 is 38.1 Å². The Balaban J connectivity index is 1.83. The molecular weight excluding hydrogens is 488 g/mol. The average Bonchev–Trinajstić information content (AvgIpc) is 2.95. The van der Waals surface area contributed by atoms with Crippen molar-refractivity contribution in [2.24, 2.45) is 0 Å². The van der Waals surface area contributed by atoms with Crippen LogP contribution in [-0.4, -0.2) is 49.3 Å². The third-order valence-electron chi connectivity index (χ3n) is 6.25. The first-order chi connectivity index (χ1) is 18.6. The Morgan fingerprint density at radius 3 is 1.18 bits per heavy atom. The molecule has 3 rings (SSSR count). The predicted octanol–water partition coefficient (Wildman–Crippen LogP) is 5.44. The molecule has 2 aromatic rings. The quantitative estimate of drug-likeness (QED) is 0.385. The van der Waals surface area contributed by atoms with Crippen LogP contribution in [0.4, 0.5) is 0 Å². The minimum atomic E-state index is -1.83. The van der Waals surface area contributed by atoms with Crippen LogP contribution in [0.25, 0.3) is 0 Å². The van der Waals surface area contributed by atoms with Gasteiger partial charge in [-0.05, 0) is 37.1 Å². The molecule has 0 aromatic heterocycles. The zero-order valence-corrected chi connectivity index (χ0v) is 21.7. The number of rotatable bonds is 4. The molecule has 0 saturated carbocycles. The molecule has 1 heterocycles. The van der Waals surface area contributed by atoms with E-state index in [2.05, 4.69) is 0 Å². The topological polar surface area (TPSA) is 105 Å². The smallest absolute Gasteiger partial charge is 0.352 e. The van der Waals surface area contributed by atoms with Gasteiger partial charge >= 0.3 is 23.9 Å². The third-order valence-corrected chi connectivity index (χ3v) is 6.25. The summed E-state index contributed by atoms with van der Waals surface area (Å²) in [5.41, 5.74) is 0.336. The fourth-order valence-electron chi connectivity index (χ4n) is 4.11. The Morgan fingerprint density at radius 2 is 0.842 bits per heavy atom. The first-order valence-corrected chi connectivity index (χ1v) is 13.4. The number of hydrogen-bond donors (Lipinski definition) is 0. The lowest BCUT2D eigenvalue weighted by atomic mass is 10.1. The average molecular weight is 525 g/mol. The highest BCUT2D eigenvalue weighted by atomic mass is 16.6. The molecule has 0 radical (unpaired) electrons. The molecule has 1 unspecified atom stereocenters. The van der Waals surface area contributed by atoms with E-state index < -0.39 is 36.1 Å². The van der Waals surface area contributed by atoms with Crippen molar-refractivity contribution in [2.45, 2.75) is 76.4 Å². The van der Waals surface area contributed by atoms with Crippen LogP contribution in [-0.2, 0) is 28.5 Å². The van der Waals surface area contributed by atoms with Gasteiger partial charge in [-0.25, -0.2) is 19.2 Å². The van der Waals surface area contributed by atoms with E-state index >= 15 is 0 Å². The Labute approximate surface area is 223 Å². The summed E-state index contributed by atoms with van der Waals surface area (Å²) in [5, 5.41) is 0. The number of ether oxygens (including phenoxy) is 4. The SMILES string of the molecule is O=C(OC1C(=O)OCCCCCCCCCCCCOC(=O)[C@@H]1OC(=O)c1ccccc1)c1ccccc1. The van der Waals surface area contributed by atoms with Gasteiger partial charge in [0.15, 0.2) is 0 Å². The Bertz CT molecular complexity index is 938. The van der Waals surface area contributed by atoms with E-state index in [1.54, 1.807) is 36.4 Å². The van der Waals surface area contributed by atoms with E-state index in [0.717, 1.165) is 38.5 Å². The van der Waals surface area contributed by atoms with Crippen LogP contribution >= 0.6 is 0 Å². The molecule has 1 aliphatic rings. The number of carbonyl (C=O) groups is 4. The molecule has 8 heteroatoms. The maximum absolute atomic E-state index is 13.1. The van der Waals surface area contributed by atoms with E-state index in [4.69, 9.17) is 18.9 Å². The molecule has 1 saturated heterocycles. The summed E-state index contributed by atoms with van der Waals surface area (Å²) < 4.78 is 21.7. The zero-order valence-electron chi connectivity index (χ0n) is 21.7. The van der Waals surface area contributed by atoms with Gasteiger partial charge in [0.1, 0.15) is 0 Å². The van der Waals surface area contributed by atoms with Gasteiger partial charge in [0.05, 0.1) is 24.3 Å². The fraction of sp³-hybridized carbons (Fsp3) is 0.467. The Hall–Kier alpha value is -3.68. The zero-order chi connectivity index (χ0) is 27.0. The molecule has 1 aliphatic heterocycles. The lowest BCUT2D eigenvalue weighted by Crippen LogP contribution is -2.47. The fourth-order valence-corrected chi connectivity index (χ4v) is 4.11. The molecule has 0 spiro atoms. The van der Waals surface area contributed by atoms with Crippen LogP contribution < -0.4 is 0 Å². The van der Waals surface area contributed by atoms with Gasteiger partial charge in [-0.1, -0.05) is 87.8 Å². The molecule has 1 fully saturated rings. The van der Waals surface area contributed by atoms with E-state index in [0.29, 0.717) is 12.8 Å². The van der Waals surface area contributed by atoms with Gasteiger partial charge in [0.25, 0.3) is 0 Å². The van der Waals surface area contributed by atoms with Crippen molar-refractivity contribution in [1.29, 1.82) is 0 Å².